The molecule has 0 spiro atoms. The van der Waals surface area contributed by atoms with Gasteiger partial charge in [0.2, 0.25) is 0 Å². The summed E-state index contributed by atoms with van der Waals surface area (Å²) >= 11 is -2.94. The fourth-order valence-corrected chi connectivity index (χ4v) is 3.03. The molecule has 0 heterocycles. The summed E-state index contributed by atoms with van der Waals surface area (Å²) in [4.78, 5) is 0. The maximum absolute atomic E-state index is 12.1. The van der Waals surface area contributed by atoms with E-state index in [4.69, 9.17) is 0 Å². The Morgan fingerprint density at radius 1 is 0.933 bits per heavy atom. The molecular weight excluding hydrogens is 329 g/mol. The van der Waals surface area contributed by atoms with Crippen molar-refractivity contribution in [3.63, 3.8) is 0 Å². The monoisotopic (exact) mass is 334 g/mol. The van der Waals surface area contributed by atoms with Crippen LogP contribution < -0.4 is 3.58 Å². The zero-order valence-corrected chi connectivity index (χ0v) is 9.93. The average molecular weight is 333 g/mol. The minimum absolute atomic E-state index is 0.221. The van der Waals surface area contributed by atoms with Crippen molar-refractivity contribution in [1.82, 2.24) is 0 Å². The standard InChI is InChI=1S/C7H4F3.CF3.Sn/c8-7(9,10)6-4-2-1-3-5-6;2-1(3)4;/h1-2,4-5H;;. The van der Waals surface area contributed by atoms with Gasteiger partial charge in [-0.25, -0.2) is 0 Å². The summed E-state index contributed by atoms with van der Waals surface area (Å²) in [6.07, 6.45) is -4.58. The summed E-state index contributed by atoms with van der Waals surface area (Å²) in [5.74, 6) is 0. The fourth-order valence-electron chi connectivity index (χ4n) is 0.937. The third-order valence-electron chi connectivity index (χ3n) is 1.48. The molecular formula is C8H4F6Sn. The summed E-state index contributed by atoms with van der Waals surface area (Å²) in [7, 11) is 0. The van der Waals surface area contributed by atoms with Crippen LogP contribution in [0.3, 0.4) is 0 Å². The summed E-state index contributed by atoms with van der Waals surface area (Å²) in [5, 5.41) is 0. The van der Waals surface area contributed by atoms with Crippen molar-refractivity contribution in [2.45, 2.75) is 10.4 Å². The first-order chi connectivity index (χ1) is 6.68. The first kappa shape index (κ1) is 12.7. The second kappa shape index (κ2) is 4.23. The van der Waals surface area contributed by atoms with Crippen LogP contribution in [-0.4, -0.2) is 25.3 Å². The van der Waals surface area contributed by atoms with Crippen LogP contribution in [0.4, 0.5) is 26.3 Å². The van der Waals surface area contributed by atoms with E-state index in [-0.39, 0.29) is 3.58 Å². The molecule has 0 atom stereocenters. The van der Waals surface area contributed by atoms with Crippen molar-refractivity contribution < 1.29 is 26.3 Å². The van der Waals surface area contributed by atoms with Crippen molar-refractivity contribution in [3.8, 4) is 0 Å². The summed E-state index contributed by atoms with van der Waals surface area (Å²) in [5.41, 5.74) is -1.02. The van der Waals surface area contributed by atoms with E-state index < -0.39 is 37.1 Å². The van der Waals surface area contributed by atoms with Gasteiger partial charge in [0.15, 0.2) is 0 Å². The molecule has 7 heteroatoms. The Labute approximate surface area is 91.5 Å². The van der Waals surface area contributed by atoms with Gasteiger partial charge in [0.25, 0.3) is 0 Å². The van der Waals surface area contributed by atoms with E-state index >= 15 is 0 Å². The van der Waals surface area contributed by atoms with Crippen LogP contribution in [0.25, 0.3) is 0 Å². The molecule has 0 nitrogen and oxygen atoms in total. The van der Waals surface area contributed by atoms with Gasteiger partial charge in [0.05, 0.1) is 0 Å². The van der Waals surface area contributed by atoms with E-state index in [1.807, 2.05) is 0 Å². The van der Waals surface area contributed by atoms with Crippen LogP contribution in [-0.2, 0) is 6.18 Å². The van der Waals surface area contributed by atoms with Crippen molar-refractivity contribution in [2.24, 2.45) is 0 Å². The summed E-state index contributed by atoms with van der Waals surface area (Å²) < 4.78 is 67.8. The Morgan fingerprint density at radius 2 is 1.53 bits per heavy atom. The van der Waals surface area contributed by atoms with Crippen LogP contribution in [0, 0.1) is 0 Å². The molecule has 0 saturated heterocycles. The topological polar surface area (TPSA) is 0 Å². The molecule has 0 bridgehead atoms. The molecule has 1 aromatic carbocycles. The van der Waals surface area contributed by atoms with Crippen LogP contribution in [0.2, 0.25) is 0 Å². The Bertz CT molecular complexity index is 340. The van der Waals surface area contributed by atoms with Crippen LogP contribution in [0.1, 0.15) is 5.56 Å². The molecule has 0 fully saturated rings. The Balaban J connectivity index is 2.94. The third-order valence-corrected chi connectivity index (χ3v) is 4.00. The predicted octanol–water partition coefficient (Wildman–Crippen LogP) is 2.55. The normalized spacial score (nSPS) is 12.9. The molecule has 0 aliphatic heterocycles. The van der Waals surface area contributed by atoms with E-state index in [0.717, 1.165) is 18.2 Å². The van der Waals surface area contributed by atoms with Gasteiger partial charge in [-0.2, -0.15) is 0 Å². The second-order valence-electron chi connectivity index (χ2n) is 2.70. The molecule has 0 aliphatic carbocycles. The number of hydrogen-bond acceptors (Lipinski definition) is 0. The van der Waals surface area contributed by atoms with E-state index in [9.17, 15) is 26.3 Å². The van der Waals surface area contributed by atoms with Crippen molar-refractivity contribution >= 4 is 24.7 Å². The van der Waals surface area contributed by atoms with Gasteiger partial charge in [-0.05, 0) is 0 Å². The van der Waals surface area contributed by atoms with Crippen molar-refractivity contribution in [1.29, 1.82) is 0 Å². The number of hydrogen-bond donors (Lipinski definition) is 0. The first-order valence-electron chi connectivity index (χ1n) is 3.71. The van der Waals surface area contributed by atoms with E-state index in [1.54, 1.807) is 0 Å². The number of alkyl halides is 6. The first-order valence-corrected chi connectivity index (χ1v) is 6.56. The quantitative estimate of drug-likeness (QED) is 0.548. The number of benzene rings is 1. The van der Waals surface area contributed by atoms with Gasteiger partial charge in [-0.1, -0.05) is 0 Å². The van der Waals surface area contributed by atoms with Crippen LogP contribution in [0.5, 0.6) is 0 Å². The van der Waals surface area contributed by atoms with E-state index in [2.05, 4.69) is 0 Å². The predicted molar refractivity (Wildman–Crippen MR) is 42.9 cm³/mol. The Hall–Kier alpha value is -0.401. The average Bonchev–Trinajstić information content (AvgIpc) is 1.99. The second-order valence-corrected chi connectivity index (χ2v) is 6.68. The van der Waals surface area contributed by atoms with Crippen molar-refractivity contribution in [2.75, 3.05) is 0 Å². The zero-order chi connectivity index (χ0) is 11.7. The third kappa shape index (κ3) is 4.31. The van der Waals surface area contributed by atoms with Gasteiger partial charge < -0.3 is 0 Å². The van der Waals surface area contributed by atoms with Gasteiger partial charge in [0.1, 0.15) is 0 Å². The van der Waals surface area contributed by atoms with Gasteiger partial charge >= 0.3 is 91.3 Å². The molecule has 0 aromatic heterocycles. The van der Waals surface area contributed by atoms with Gasteiger partial charge in [-0.15, -0.1) is 0 Å². The van der Waals surface area contributed by atoms with Crippen LogP contribution >= 0.6 is 0 Å². The zero-order valence-electron chi connectivity index (χ0n) is 7.08. The Morgan fingerprint density at radius 3 is 2.00 bits per heavy atom. The van der Waals surface area contributed by atoms with E-state index in [0.29, 0.717) is 6.07 Å². The molecule has 82 valence electrons. The molecule has 0 aliphatic rings. The molecule has 0 saturated carbocycles. The molecule has 15 heavy (non-hydrogen) atoms. The van der Waals surface area contributed by atoms with Crippen LogP contribution in [0.15, 0.2) is 24.3 Å². The molecule has 2 radical (unpaired) electrons. The molecule has 0 amide bonds. The molecule has 0 N–H and O–H groups in total. The maximum atomic E-state index is 12.1. The number of rotatable bonds is 1. The summed E-state index contributed by atoms with van der Waals surface area (Å²) in [6, 6.07) is 3.44. The van der Waals surface area contributed by atoms with Gasteiger partial charge in [-0.3, -0.25) is 0 Å². The minimum atomic E-state index is -4.58. The fraction of sp³-hybridized carbons (Fsp3) is 0.250. The van der Waals surface area contributed by atoms with Crippen molar-refractivity contribution in [3.05, 3.63) is 29.8 Å². The van der Waals surface area contributed by atoms with Gasteiger partial charge in [0, 0.05) is 0 Å². The number of halogens is 6. The molecule has 0 unspecified atom stereocenters. The van der Waals surface area contributed by atoms with E-state index in [1.165, 1.54) is 0 Å². The summed E-state index contributed by atoms with van der Waals surface area (Å²) in [6.45, 7) is 0. The molecule has 1 aromatic rings. The SMILES string of the molecule is F[C](F)(F)[Sn][c]1cccc(C(F)(F)F)c1. The molecule has 1 rings (SSSR count). The Kier molecular flexibility index (Phi) is 3.57.